The minimum Gasteiger partial charge on any atom is -0.493 e. The zero-order valence-electron chi connectivity index (χ0n) is 20.5. The predicted octanol–water partition coefficient (Wildman–Crippen LogP) is 4.84. The van der Waals surface area contributed by atoms with Crippen LogP contribution in [0.4, 0.5) is 10.1 Å². The van der Waals surface area contributed by atoms with Gasteiger partial charge in [-0.15, -0.1) is 0 Å². The van der Waals surface area contributed by atoms with E-state index < -0.39 is 17.8 Å². The molecule has 0 aromatic heterocycles. The molecule has 2 amide bonds. The highest BCUT2D eigenvalue weighted by atomic mass is 19.1. The third-order valence-corrected chi connectivity index (χ3v) is 6.14. The van der Waals surface area contributed by atoms with Gasteiger partial charge in [0.05, 0.1) is 19.8 Å². The lowest BCUT2D eigenvalue weighted by Gasteiger charge is -2.23. The number of nitrogens with one attached hydrogen (secondary N) is 1. The molecule has 0 aliphatic carbocycles. The first kappa shape index (κ1) is 25.0. The molecule has 0 saturated heterocycles. The molecule has 8 heteroatoms. The number of methoxy groups -OCH3 is 2. The summed E-state index contributed by atoms with van der Waals surface area (Å²) in [6.45, 7) is 2.70. The highest BCUT2D eigenvalue weighted by Crippen LogP contribution is 2.31. The van der Waals surface area contributed by atoms with Crippen LogP contribution < -0.4 is 19.5 Å². The van der Waals surface area contributed by atoms with E-state index in [1.165, 1.54) is 18.2 Å². The molecule has 0 unspecified atom stereocenters. The number of benzene rings is 3. The molecule has 3 aromatic carbocycles. The molecule has 0 saturated carbocycles. The molecule has 3 aromatic rings. The summed E-state index contributed by atoms with van der Waals surface area (Å²) in [4.78, 5) is 27.6. The standard InChI is InChI=1S/C28H29FN2O5/c1-4-23-28(33)31(14-13-18-9-11-25(34-2)26(15-18)35-3)17-19-16-20(10-12-24(19)36-23)30-27(32)21-7-5-6-8-22(21)29/h5-12,15-16,23H,4,13-14,17H2,1-3H3,(H,30,32)/t23-/m0/s1. The Morgan fingerprint density at radius 3 is 2.58 bits per heavy atom. The van der Waals surface area contributed by atoms with Crippen LogP contribution in [-0.4, -0.2) is 43.6 Å². The van der Waals surface area contributed by atoms with Crippen molar-refractivity contribution in [3.05, 3.63) is 83.2 Å². The largest absolute Gasteiger partial charge is 0.493 e. The monoisotopic (exact) mass is 492 g/mol. The van der Waals surface area contributed by atoms with Gasteiger partial charge in [-0.1, -0.05) is 25.1 Å². The molecule has 0 fully saturated rings. The molecule has 1 aliphatic rings. The van der Waals surface area contributed by atoms with Crippen molar-refractivity contribution in [3.63, 3.8) is 0 Å². The third kappa shape index (κ3) is 5.43. The summed E-state index contributed by atoms with van der Waals surface area (Å²) in [5.41, 5.74) is 2.22. The fourth-order valence-electron chi connectivity index (χ4n) is 4.18. The Morgan fingerprint density at radius 1 is 1.08 bits per heavy atom. The number of carbonyl (C=O) groups excluding carboxylic acids is 2. The molecule has 1 atom stereocenters. The van der Waals surface area contributed by atoms with Crippen molar-refractivity contribution < 1.29 is 28.2 Å². The molecule has 1 aliphatic heterocycles. The third-order valence-electron chi connectivity index (χ3n) is 6.14. The second-order valence-corrected chi connectivity index (χ2v) is 8.47. The van der Waals surface area contributed by atoms with E-state index in [4.69, 9.17) is 14.2 Å². The molecule has 0 spiro atoms. The van der Waals surface area contributed by atoms with Crippen LogP contribution >= 0.6 is 0 Å². The van der Waals surface area contributed by atoms with Gasteiger partial charge in [-0.05, 0) is 60.9 Å². The van der Waals surface area contributed by atoms with Crippen molar-refractivity contribution in [2.45, 2.75) is 32.4 Å². The quantitative estimate of drug-likeness (QED) is 0.487. The van der Waals surface area contributed by atoms with E-state index in [1.807, 2.05) is 25.1 Å². The van der Waals surface area contributed by atoms with Crippen molar-refractivity contribution >= 4 is 17.5 Å². The van der Waals surface area contributed by atoms with Crippen LogP contribution in [0.25, 0.3) is 0 Å². The molecule has 0 bridgehead atoms. The maximum absolute atomic E-state index is 14.0. The Hall–Kier alpha value is -4.07. The van der Waals surface area contributed by atoms with Gasteiger partial charge in [0, 0.05) is 24.3 Å². The van der Waals surface area contributed by atoms with E-state index in [-0.39, 0.29) is 11.5 Å². The summed E-state index contributed by atoms with van der Waals surface area (Å²) < 4.78 is 30.7. The van der Waals surface area contributed by atoms with Crippen LogP contribution in [0.5, 0.6) is 17.2 Å². The highest BCUT2D eigenvalue weighted by molar-refractivity contribution is 6.04. The topological polar surface area (TPSA) is 77.1 Å². The van der Waals surface area contributed by atoms with Crippen molar-refractivity contribution in [1.82, 2.24) is 4.90 Å². The first-order valence-electron chi connectivity index (χ1n) is 11.8. The number of nitrogens with zero attached hydrogens (tertiary/aromatic N) is 1. The van der Waals surface area contributed by atoms with Crippen LogP contribution in [-0.2, 0) is 17.8 Å². The minimum absolute atomic E-state index is 0.0403. The summed E-state index contributed by atoms with van der Waals surface area (Å²) in [5, 5.41) is 2.74. The van der Waals surface area contributed by atoms with Crippen molar-refractivity contribution in [1.29, 1.82) is 0 Å². The Morgan fingerprint density at radius 2 is 1.86 bits per heavy atom. The van der Waals surface area contributed by atoms with Gasteiger partial charge in [-0.3, -0.25) is 9.59 Å². The summed E-state index contributed by atoms with van der Waals surface area (Å²) in [6.07, 6.45) is 0.536. The van der Waals surface area contributed by atoms with Gasteiger partial charge in [0.15, 0.2) is 17.6 Å². The Kier molecular flexibility index (Phi) is 7.73. The lowest BCUT2D eigenvalue weighted by molar-refractivity contribution is -0.138. The minimum atomic E-state index is -0.601. The number of carbonyl (C=O) groups is 2. The summed E-state index contributed by atoms with van der Waals surface area (Å²) in [5.74, 6) is 0.637. The van der Waals surface area contributed by atoms with Crippen LogP contribution in [0, 0.1) is 5.82 Å². The molecule has 4 rings (SSSR count). The number of ether oxygens (including phenoxy) is 3. The smallest absolute Gasteiger partial charge is 0.263 e. The van der Waals surface area contributed by atoms with Crippen LogP contribution in [0.1, 0.15) is 34.8 Å². The van der Waals surface area contributed by atoms with Crippen molar-refractivity contribution in [2.24, 2.45) is 0 Å². The maximum Gasteiger partial charge on any atom is 0.263 e. The number of anilines is 1. The molecule has 188 valence electrons. The lowest BCUT2D eigenvalue weighted by Crippen LogP contribution is -2.40. The number of amides is 2. The van der Waals surface area contributed by atoms with Gasteiger partial charge >= 0.3 is 0 Å². The van der Waals surface area contributed by atoms with E-state index in [2.05, 4.69) is 5.32 Å². The Balaban J connectivity index is 1.54. The molecule has 0 radical (unpaired) electrons. The second kappa shape index (κ2) is 11.1. The number of fused-ring (bicyclic) bond motifs is 1. The van der Waals surface area contributed by atoms with Crippen molar-refractivity contribution in [3.8, 4) is 17.2 Å². The van der Waals surface area contributed by atoms with Crippen LogP contribution in [0.15, 0.2) is 60.7 Å². The second-order valence-electron chi connectivity index (χ2n) is 8.47. The van der Waals surface area contributed by atoms with Crippen LogP contribution in [0.2, 0.25) is 0 Å². The highest BCUT2D eigenvalue weighted by Gasteiger charge is 2.30. The van der Waals surface area contributed by atoms with E-state index >= 15 is 0 Å². The normalized spacial score (nSPS) is 14.9. The fraction of sp³-hybridized carbons (Fsp3) is 0.286. The zero-order valence-corrected chi connectivity index (χ0v) is 20.5. The maximum atomic E-state index is 14.0. The number of hydrogen-bond acceptors (Lipinski definition) is 5. The average Bonchev–Trinajstić information content (AvgIpc) is 3.03. The first-order valence-corrected chi connectivity index (χ1v) is 11.8. The number of rotatable bonds is 8. The van der Waals surface area contributed by atoms with E-state index in [0.29, 0.717) is 48.9 Å². The SMILES string of the molecule is CC[C@@H]1Oc2ccc(NC(=O)c3ccccc3F)cc2CN(CCc2ccc(OC)c(OC)c2)C1=O. The number of hydrogen-bond donors (Lipinski definition) is 1. The van der Waals surface area contributed by atoms with E-state index in [9.17, 15) is 14.0 Å². The number of halogens is 1. The van der Waals surface area contributed by atoms with Gasteiger partial charge in [-0.25, -0.2) is 4.39 Å². The molecule has 7 nitrogen and oxygen atoms in total. The lowest BCUT2D eigenvalue weighted by atomic mass is 10.1. The average molecular weight is 493 g/mol. The molecular formula is C28H29FN2O5. The summed E-state index contributed by atoms with van der Waals surface area (Å²) in [7, 11) is 3.17. The van der Waals surface area contributed by atoms with E-state index in [1.54, 1.807) is 43.4 Å². The molecule has 1 N–H and O–H groups in total. The van der Waals surface area contributed by atoms with Gasteiger partial charge in [0.2, 0.25) is 0 Å². The van der Waals surface area contributed by atoms with Gasteiger partial charge in [0.25, 0.3) is 11.8 Å². The summed E-state index contributed by atoms with van der Waals surface area (Å²) in [6, 6.07) is 16.7. The molecule has 1 heterocycles. The van der Waals surface area contributed by atoms with Crippen molar-refractivity contribution in [2.75, 3.05) is 26.1 Å². The van der Waals surface area contributed by atoms with Gasteiger partial charge < -0.3 is 24.4 Å². The van der Waals surface area contributed by atoms with Gasteiger partial charge in [0.1, 0.15) is 11.6 Å². The summed E-state index contributed by atoms with van der Waals surface area (Å²) >= 11 is 0. The Labute approximate surface area is 209 Å². The fourth-order valence-corrected chi connectivity index (χ4v) is 4.18. The van der Waals surface area contributed by atoms with Gasteiger partial charge in [-0.2, -0.15) is 0 Å². The molecular weight excluding hydrogens is 463 g/mol. The van der Waals surface area contributed by atoms with E-state index in [0.717, 1.165) is 11.1 Å². The zero-order chi connectivity index (χ0) is 25.7. The first-order chi connectivity index (χ1) is 17.4. The molecule has 36 heavy (non-hydrogen) atoms. The van der Waals surface area contributed by atoms with Crippen LogP contribution in [0.3, 0.4) is 0 Å². The predicted molar refractivity (Wildman–Crippen MR) is 134 cm³/mol. The Bertz CT molecular complexity index is 1260.